The van der Waals surface area contributed by atoms with Crippen molar-refractivity contribution in [1.82, 2.24) is 9.88 Å². The molecular formula is C12H18N4O2. The van der Waals surface area contributed by atoms with Gasteiger partial charge in [-0.15, -0.1) is 0 Å². The van der Waals surface area contributed by atoms with Crippen LogP contribution in [0.1, 0.15) is 23.3 Å². The number of amides is 1. The zero-order valence-electron chi connectivity index (χ0n) is 10.2. The largest absolute Gasteiger partial charge is 0.396 e. The van der Waals surface area contributed by atoms with Crippen molar-refractivity contribution in [3.63, 3.8) is 0 Å². The Morgan fingerprint density at radius 1 is 1.50 bits per heavy atom. The van der Waals surface area contributed by atoms with Crippen molar-refractivity contribution in [3.05, 3.63) is 23.9 Å². The van der Waals surface area contributed by atoms with Crippen molar-refractivity contribution in [3.8, 4) is 0 Å². The van der Waals surface area contributed by atoms with Crippen LogP contribution in [-0.2, 0) is 0 Å². The second-order valence-corrected chi connectivity index (χ2v) is 4.47. The Bertz CT molecular complexity index is 416. The van der Waals surface area contributed by atoms with E-state index in [0.29, 0.717) is 30.5 Å². The van der Waals surface area contributed by atoms with E-state index in [0.717, 1.165) is 12.8 Å². The van der Waals surface area contributed by atoms with Gasteiger partial charge in [0.2, 0.25) is 0 Å². The molecule has 1 aromatic heterocycles. The minimum absolute atomic E-state index is 0.0801. The first-order chi connectivity index (χ1) is 8.74. The number of aliphatic hydroxyl groups excluding tert-OH is 1. The number of hydrazine groups is 1. The summed E-state index contributed by atoms with van der Waals surface area (Å²) in [6.07, 6.45) is 1.69. The standard InChI is InChI=1S/C12H18N4O2/c13-15-11-3-1-2-10(14-11)12(18)16-6-4-9(8-17)5-7-16/h1-3,9,17H,4-8,13H2,(H,14,15). The van der Waals surface area contributed by atoms with Gasteiger partial charge in [-0.1, -0.05) is 6.07 Å². The van der Waals surface area contributed by atoms with E-state index in [-0.39, 0.29) is 12.5 Å². The van der Waals surface area contributed by atoms with E-state index in [1.165, 1.54) is 0 Å². The average Bonchev–Trinajstić information content (AvgIpc) is 2.46. The SMILES string of the molecule is NNc1cccc(C(=O)N2CCC(CO)CC2)n1. The van der Waals surface area contributed by atoms with E-state index >= 15 is 0 Å². The number of aliphatic hydroxyl groups is 1. The van der Waals surface area contributed by atoms with E-state index in [1.807, 2.05) is 0 Å². The number of nitrogens with one attached hydrogen (secondary N) is 1. The van der Waals surface area contributed by atoms with Crippen LogP contribution in [0.2, 0.25) is 0 Å². The number of nitrogens with zero attached hydrogens (tertiary/aromatic N) is 2. The molecule has 0 radical (unpaired) electrons. The van der Waals surface area contributed by atoms with Gasteiger partial charge in [0.1, 0.15) is 11.5 Å². The van der Waals surface area contributed by atoms with Crippen molar-refractivity contribution in [2.45, 2.75) is 12.8 Å². The molecule has 1 fully saturated rings. The molecule has 0 saturated carbocycles. The molecule has 1 aliphatic rings. The van der Waals surface area contributed by atoms with Crippen molar-refractivity contribution < 1.29 is 9.90 Å². The van der Waals surface area contributed by atoms with Gasteiger partial charge in [-0.25, -0.2) is 10.8 Å². The number of pyridine rings is 1. The molecule has 6 nitrogen and oxygen atoms in total. The lowest BCUT2D eigenvalue weighted by Crippen LogP contribution is -2.39. The highest BCUT2D eigenvalue weighted by Crippen LogP contribution is 2.18. The minimum atomic E-state index is -0.0801. The van der Waals surface area contributed by atoms with E-state index in [4.69, 9.17) is 10.9 Å². The molecule has 0 bridgehead atoms. The summed E-state index contributed by atoms with van der Waals surface area (Å²) in [6.45, 7) is 1.55. The number of likely N-dealkylation sites (tertiary alicyclic amines) is 1. The number of nitrogens with two attached hydrogens (primary N) is 1. The van der Waals surface area contributed by atoms with Crippen LogP contribution in [0.25, 0.3) is 0 Å². The van der Waals surface area contributed by atoms with Crippen LogP contribution >= 0.6 is 0 Å². The molecule has 6 heteroatoms. The second-order valence-electron chi connectivity index (χ2n) is 4.47. The Labute approximate surface area is 106 Å². The third-order valence-electron chi connectivity index (χ3n) is 3.28. The summed E-state index contributed by atoms with van der Waals surface area (Å²) in [5.41, 5.74) is 2.82. The number of anilines is 1. The Kier molecular flexibility index (Phi) is 4.11. The smallest absolute Gasteiger partial charge is 0.272 e. The fourth-order valence-corrected chi connectivity index (χ4v) is 2.11. The molecule has 1 amide bonds. The molecule has 1 aliphatic heterocycles. The maximum absolute atomic E-state index is 12.2. The first-order valence-corrected chi connectivity index (χ1v) is 6.08. The normalized spacial score (nSPS) is 16.7. The van der Waals surface area contributed by atoms with Crippen LogP contribution in [0.3, 0.4) is 0 Å². The van der Waals surface area contributed by atoms with Gasteiger partial charge >= 0.3 is 0 Å². The molecule has 0 atom stereocenters. The fourth-order valence-electron chi connectivity index (χ4n) is 2.11. The molecule has 0 aromatic carbocycles. The number of piperidine rings is 1. The van der Waals surface area contributed by atoms with E-state index < -0.39 is 0 Å². The molecule has 1 saturated heterocycles. The summed E-state index contributed by atoms with van der Waals surface area (Å²) in [5.74, 6) is 5.98. The van der Waals surface area contributed by atoms with Crippen molar-refractivity contribution in [1.29, 1.82) is 0 Å². The number of rotatable bonds is 3. The predicted octanol–water partition coefficient (Wildman–Crippen LogP) is 0.212. The topological polar surface area (TPSA) is 91.5 Å². The summed E-state index contributed by atoms with van der Waals surface area (Å²) >= 11 is 0. The number of nitrogen functional groups attached to an aromatic ring is 1. The summed E-state index contributed by atoms with van der Waals surface area (Å²) in [5, 5.41) is 9.06. The quantitative estimate of drug-likeness (QED) is 0.527. The van der Waals surface area contributed by atoms with Gasteiger partial charge in [-0.05, 0) is 30.9 Å². The molecule has 2 rings (SSSR count). The Morgan fingerprint density at radius 2 is 2.22 bits per heavy atom. The Morgan fingerprint density at radius 3 is 2.83 bits per heavy atom. The molecular weight excluding hydrogens is 232 g/mol. The van der Waals surface area contributed by atoms with Crippen LogP contribution < -0.4 is 11.3 Å². The van der Waals surface area contributed by atoms with Gasteiger partial charge < -0.3 is 15.4 Å². The van der Waals surface area contributed by atoms with Gasteiger partial charge in [0.25, 0.3) is 5.91 Å². The van der Waals surface area contributed by atoms with E-state index in [1.54, 1.807) is 23.1 Å². The van der Waals surface area contributed by atoms with E-state index in [9.17, 15) is 4.79 Å². The fraction of sp³-hybridized carbons (Fsp3) is 0.500. The third-order valence-corrected chi connectivity index (χ3v) is 3.28. The molecule has 18 heavy (non-hydrogen) atoms. The zero-order valence-corrected chi connectivity index (χ0v) is 10.2. The summed E-state index contributed by atoms with van der Waals surface area (Å²) in [7, 11) is 0. The zero-order chi connectivity index (χ0) is 13.0. The molecule has 2 heterocycles. The summed E-state index contributed by atoms with van der Waals surface area (Å²) in [4.78, 5) is 18.1. The first kappa shape index (κ1) is 12.8. The van der Waals surface area contributed by atoms with Crippen LogP contribution in [0.5, 0.6) is 0 Å². The molecule has 98 valence electrons. The highest BCUT2D eigenvalue weighted by molar-refractivity contribution is 5.92. The van der Waals surface area contributed by atoms with Gasteiger partial charge in [-0.3, -0.25) is 4.79 Å². The first-order valence-electron chi connectivity index (χ1n) is 6.08. The van der Waals surface area contributed by atoms with Crippen molar-refractivity contribution >= 4 is 11.7 Å². The van der Waals surface area contributed by atoms with Gasteiger partial charge in [0.05, 0.1) is 0 Å². The molecule has 4 N–H and O–H groups in total. The highest BCUT2D eigenvalue weighted by Gasteiger charge is 2.23. The van der Waals surface area contributed by atoms with Crippen LogP contribution in [-0.4, -0.2) is 40.6 Å². The summed E-state index contributed by atoms with van der Waals surface area (Å²) in [6, 6.07) is 5.13. The number of hydrogen-bond donors (Lipinski definition) is 3. The lowest BCUT2D eigenvalue weighted by Gasteiger charge is -2.30. The van der Waals surface area contributed by atoms with Crippen LogP contribution in [0.15, 0.2) is 18.2 Å². The van der Waals surface area contributed by atoms with Crippen molar-refractivity contribution in [2.24, 2.45) is 11.8 Å². The maximum Gasteiger partial charge on any atom is 0.272 e. The average molecular weight is 250 g/mol. The monoisotopic (exact) mass is 250 g/mol. The third kappa shape index (κ3) is 2.77. The van der Waals surface area contributed by atoms with Gasteiger partial charge in [-0.2, -0.15) is 0 Å². The second kappa shape index (κ2) is 5.79. The molecule has 0 spiro atoms. The molecule has 1 aromatic rings. The number of carbonyl (C=O) groups is 1. The van der Waals surface area contributed by atoms with Crippen molar-refractivity contribution in [2.75, 3.05) is 25.1 Å². The summed E-state index contributed by atoms with van der Waals surface area (Å²) < 4.78 is 0. The number of aromatic nitrogens is 1. The molecule has 0 unspecified atom stereocenters. The van der Waals surface area contributed by atoms with E-state index in [2.05, 4.69) is 10.4 Å². The Hall–Kier alpha value is -1.66. The maximum atomic E-state index is 12.2. The Balaban J connectivity index is 2.03. The number of carbonyl (C=O) groups excluding carboxylic acids is 1. The molecule has 0 aliphatic carbocycles. The lowest BCUT2D eigenvalue weighted by molar-refractivity contribution is 0.0645. The van der Waals surface area contributed by atoms with Gasteiger partial charge in [0.15, 0.2) is 0 Å². The minimum Gasteiger partial charge on any atom is -0.396 e. The number of hydrogen-bond acceptors (Lipinski definition) is 5. The highest BCUT2D eigenvalue weighted by atomic mass is 16.3. The van der Waals surface area contributed by atoms with Crippen LogP contribution in [0.4, 0.5) is 5.82 Å². The van der Waals surface area contributed by atoms with Gasteiger partial charge in [0, 0.05) is 19.7 Å². The predicted molar refractivity (Wildman–Crippen MR) is 67.8 cm³/mol. The van der Waals surface area contributed by atoms with Crippen LogP contribution in [0, 0.1) is 5.92 Å². The lowest BCUT2D eigenvalue weighted by atomic mass is 9.98.